The maximum Gasteiger partial charge on any atom is 0.239 e. The molecule has 1 amide bonds. The number of imidazole rings is 1. The van der Waals surface area contributed by atoms with E-state index in [1.807, 2.05) is 22.5 Å². The lowest BCUT2D eigenvalue weighted by Gasteiger charge is -2.22. The second-order valence-corrected chi connectivity index (χ2v) is 10.4. The second kappa shape index (κ2) is 9.07. The highest BCUT2D eigenvalue weighted by molar-refractivity contribution is 7.20. The Morgan fingerprint density at radius 2 is 2.19 bits per heavy atom. The molecule has 0 radical (unpaired) electrons. The summed E-state index contributed by atoms with van der Waals surface area (Å²) in [5.74, 6) is 0.821. The van der Waals surface area contributed by atoms with Crippen LogP contribution in [0.2, 0.25) is 0 Å². The van der Waals surface area contributed by atoms with Crippen LogP contribution in [0.3, 0.4) is 0 Å². The number of ether oxygens (including phenoxy) is 1. The van der Waals surface area contributed by atoms with Crippen molar-refractivity contribution >= 4 is 33.2 Å². The molecule has 2 N–H and O–H groups in total. The first-order valence-electron chi connectivity index (χ1n) is 11.0. The highest BCUT2D eigenvalue weighted by Gasteiger charge is 2.24. The van der Waals surface area contributed by atoms with Gasteiger partial charge in [0.05, 0.1) is 12.6 Å². The summed E-state index contributed by atoms with van der Waals surface area (Å²) in [6, 6.07) is 8.32. The fourth-order valence-corrected chi connectivity index (χ4v) is 4.59. The zero-order valence-corrected chi connectivity index (χ0v) is 20.3. The van der Waals surface area contributed by atoms with Gasteiger partial charge in [-0.1, -0.05) is 35.1 Å². The van der Waals surface area contributed by atoms with Crippen LogP contribution in [0.15, 0.2) is 24.3 Å². The molecule has 3 aromatic rings. The Morgan fingerprint density at radius 3 is 2.88 bits per heavy atom. The van der Waals surface area contributed by atoms with Crippen LogP contribution < -0.4 is 15.5 Å². The van der Waals surface area contributed by atoms with Crippen molar-refractivity contribution in [1.82, 2.24) is 19.9 Å². The number of aromatic nitrogens is 3. The largest absolute Gasteiger partial charge is 0.376 e. The van der Waals surface area contributed by atoms with Gasteiger partial charge in [0.2, 0.25) is 16.0 Å². The number of fused-ring (bicyclic) bond motifs is 1. The van der Waals surface area contributed by atoms with Crippen molar-refractivity contribution in [2.24, 2.45) is 0 Å². The quantitative estimate of drug-likeness (QED) is 0.564. The van der Waals surface area contributed by atoms with Gasteiger partial charge in [-0.3, -0.25) is 4.79 Å². The molecule has 0 aliphatic carbocycles. The van der Waals surface area contributed by atoms with Gasteiger partial charge < -0.3 is 20.3 Å². The lowest BCUT2D eigenvalue weighted by Crippen LogP contribution is -2.38. The second-order valence-electron chi connectivity index (χ2n) is 9.43. The standard InChI is InChI=1S/C23H32N6O2S/c1-15-8-6-9-16(12-15)19-20(26-23(2,3)4)29-21(25-19)32-22(27-29)28(5)14-18(30)24-13-17-10-7-11-31-17/h6,8-9,12,17,26H,7,10-11,13-14H2,1-5H3,(H,24,30)/t17-/m1/s1. The van der Waals surface area contributed by atoms with Gasteiger partial charge in [0, 0.05) is 31.3 Å². The number of amides is 1. The van der Waals surface area contributed by atoms with Gasteiger partial charge in [0.25, 0.3) is 0 Å². The normalized spacial score (nSPS) is 16.5. The first-order chi connectivity index (χ1) is 15.2. The summed E-state index contributed by atoms with van der Waals surface area (Å²) in [4.78, 5) is 19.9. The summed E-state index contributed by atoms with van der Waals surface area (Å²) in [6.45, 7) is 10.0. The van der Waals surface area contributed by atoms with E-state index in [0.717, 1.165) is 46.6 Å². The number of hydrogen-bond acceptors (Lipinski definition) is 7. The molecule has 2 aromatic heterocycles. The third-order valence-corrected chi connectivity index (χ3v) is 6.26. The Kier molecular flexibility index (Phi) is 6.39. The molecule has 0 saturated carbocycles. The van der Waals surface area contributed by atoms with Crippen LogP contribution in [-0.4, -0.2) is 58.9 Å². The van der Waals surface area contributed by atoms with Crippen LogP contribution in [0.5, 0.6) is 0 Å². The molecule has 1 aliphatic heterocycles. The van der Waals surface area contributed by atoms with E-state index in [1.165, 1.54) is 16.9 Å². The van der Waals surface area contributed by atoms with Gasteiger partial charge in [-0.25, -0.2) is 4.98 Å². The number of aryl methyl sites for hydroxylation is 1. The van der Waals surface area contributed by atoms with Crippen molar-refractivity contribution < 1.29 is 9.53 Å². The van der Waals surface area contributed by atoms with E-state index in [2.05, 4.69) is 56.5 Å². The van der Waals surface area contributed by atoms with E-state index in [4.69, 9.17) is 14.8 Å². The van der Waals surface area contributed by atoms with Gasteiger partial charge in [0.15, 0.2) is 5.82 Å². The van der Waals surface area contributed by atoms with E-state index in [9.17, 15) is 4.79 Å². The molecule has 0 bridgehead atoms. The summed E-state index contributed by atoms with van der Waals surface area (Å²) >= 11 is 1.47. The molecular weight excluding hydrogens is 424 g/mol. The number of likely N-dealkylation sites (N-methyl/N-ethyl adjacent to an activating group) is 1. The number of nitrogens with zero attached hydrogens (tertiary/aromatic N) is 4. The molecule has 3 heterocycles. The molecule has 0 unspecified atom stereocenters. The summed E-state index contributed by atoms with van der Waals surface area (Å²) in [6.07, 6.45) is 2.21. The van der Waals surface area contributed by atoms with Gasteiger partial charge >= 0.3 is 0 Å². The number of rotatable bonds is 7. The average molecular weight is 457 g/mol. The summed E-state index contributed by atoms with van der Waals surface area (Å²) in [7, 11) is 1.88. The summed E-state index contributed by atoms with van der Waals surface area (Å²) in [5, 5.41) is 12.1. The van der Waals surface area contributed by atoms with Crippen LogP contribution in [0, 0.1) is 6.92 Å². The topological polar surface area (TPSA) is 83.8 Å². The Labute approximate surface area is 193 Å². The summed E-state index contributed by atoms with van der Waals surface area (Å²) in [5.41, 5.74) is 2.96. The van der Waals surface area contributed by atoms with E-state index < -0.39 is 0 Å². The minimum Gasteiger partial charge on any atom is -0.376 e. The molecule has 4 rings (SSSR count). The van der Waals surface area contributed by atoms with Gasteiger partial charge in [-0.15, -0.1) is 5.10 Å². The monoisotopic (exact) mass is 456 g/mol. The van der Waals surface area contributed by atoms with Crippen LogP contribution in [0.25, 0.3) is 16.2 Å². The predicted octanol–water partition coefficient (Wildman–Crippen LogP) is 3.71. The minimum atomic E-state index is -0.160. The maximum atomic E-state index is 12.4. The minimum absolute atomic E-state index is 0.0377. The zero-order valence-electron chi connectivity index (χ0n) is 19.4. The molecule has 8 nitrogen and oxygen atoms in total. The third kappa shape index (κ3) is 5.21. The average Bonchev–Trinajstić information content (AvgIpc) is 3.43. The fourth-order valence-electron chi connectivity index (χ4n) is 3.73. The lowest BCUT2D eigenvalue weighted by molar-refractivity contribution is -0.120. The summed E-state index contributed by atoms with van der Waals surface area (Å²) < 4.78 is 7.42. The smallest absolute Gasteiger partial charge is 0.239 e. The maximum absolute atomic E-state index is 12.4. The Morgan fingerprint density at radius 1 is 1.38 bits per heavy atom. The van der Waals surface area contributed by atoms with Crippen molar-refractivity contribution in [2.45, 2.75) is 52.2 Å². The number of nitrogens with one attached hydrogen (secondary N) is 2. The predicted molar refractivity (Wildman–Crippen MR) is 130 cm³/mol. The third-order valence-electron chi connectivity index (χ3n) is 5.24. The number of hydrogen-bond donors (Lipinski definition) is 2. The van der Waals surface area contributed by atoms with E-state index in [0.29, 0.717) is 6.54 Å². The molecule has 32 heavy (non-hydrogen) atoms. The van der Waals surface area contributed by atoms with Crippen molar-refractivity contribution in [1.29, 1.82) is 0 Å². The van der Waals surface area contributed by atoms with E-state index in [1.54, 1.807) is 0 Å². The highest BCUT2D eigenvalue weighted by atomic mass is 32.1. The van der Waals surface area contributed by atoms with Gasteiger partial charge in [0.1, 0.15) is 5.69 Å². The van der Waals surface area contributed by atoms with Crippen LogP contribution in [0.4, 0.5) is 10.9 Å². The molecule has 172 valence electrons. The first kappa shape index (κ1) is 22.5. The SMILES string of the molecule is Cc1cccc(-c2nc3sc(N(C)CC(=O)NC[C@H]4CCCO4)nn3c2NC(C)(C)C)c1. The highest BCUT2D eigenvalue weighted by Crippen LogP contribution is 2.34. The Bertz CT molecular complexity index is 1090. The Balaban J connectivity index is 1.55. The van der Waals surface area contributed by atoms with E-state index >= 15 is 0 Å². The van der Waals surface area contributed by atoms with Crippen molar-refractivity contribution in [3.63, 3.8) is 0 Å². The van der Waals surface area contributed by atoms with Crippen molar-refractivity contribution in [3.05, 3.63) is 29.8 Å². The van der Waals surface area contributed by atoms with Crippen LogP contribution in [0.1, 0.15) is 39.2 Å². The molecular formula is C23H32N6O2S. The molecule has 1 aliphatic rings. The fraction of sp³-hybridized carbons (Fsp3) is 0.522. The van der Waals surface area contributed by atoms with Crippen LogP contribution >= 0.6 is 11.3 Å². The van der Waals surface area contributed by atoms with Gasteiger partial charge in [-0.05, 0) is 46.6 Å². The first-order valence-corrected chi connectivity index (χ1v) is 11.9. The zero-order chi connectivity index (χ0) is 22.9. The number of carbonyl (C=O) groups excluding carboxylic acids is 1. The van der Waals surface area contributed by atoms with Crippen LogP contribution in [-0.2, 0) is 9.53 Å². The van der Waals surface area contributed by atoms with Crippen molar-refractivity contribution in [3.8, 4) is 11.3 Å². The van der Waals surface area contributed by atoms with Crippen molar-refractivity contribution in [2.75, 3.05) is 37.0 Å². The molecule has 1 atom stereocenters. The number of carbonyl (C=O) groups is 1. The number of benzene rings is 1. The molecule has 9 heteroatoms. The molecule has 1 aromatic carbocycles. The van der Waals surface area contributed by atoms with Gasteiger partial charge in [-0.2, -0.15) is 4.52 Å². The molecule has 0 spiro atoms. The Hall–Kier alpha value is -2.65. The molecule has 1 fully saturated rings. The molecule has 1 saturated heterocycles. The lowest BCUT2D eigenvalue weighted by atomic mass is 10.1. The number of anilines is 2. The van der Waals surface area contributed by atoms with E-state index in [-0.39, 0.29) is 24.1 Å².